The third-order valence-corrected chi connectivity index (χ3v) is 13.1. The fourth-order valence-corrected chi connectivity index (χ4v) is 10.6. The topological polar surface area (TPSA) is 35.0 Å². The molecule has 0 fully saturated rings. The molecule has 6 aromatic rings. The van der Waals surface area contributed by atoms with Gasteiger partial charge in [0.25, 0.3) is 0 Å². The summed E-state index contributed by atoms with van der Waals surface area (Å²) in [4.78, 5) is 10.3. The van der Waals surface area contributed by atoms with Gasteiger partial charge in [-0.15, -0.1) is 0 Å². The van der Waals surface area contributed by atoms with E-state index in [9.17, 15) is 0 Å². The van der Waals surface area contributed by atoms with Crippen LogP contribution in [0.1, 0.15) is 59.4 Å². The summed E-state index contributed by atoms with van der Waals surface area (Å²) in [6, 6.07) is 41.9. The van der Waals surface area contributed by atoms with Gasteiger partial charge in [0.15, 0.2) is 5.82 Å². The summed E-state index contributed by atoms with van der Waals surface area (Å²) >= 11 is 0. The molecule has 12 rings (SSSR count). The predicted molar refractivity (Wildman–Crippen MR) is 232 cm³/mol. The molecule has 0 N–H and O–H groups in total. The highest BCUT2D eigenvalue weighted by Gasteiger charge is 2.55. The van der Waals surface area contributed by atoms with Gasteiger partial charge in [-0.05, 0) is 92.8 Å². The van der Waals surface area contributed by atoms with Gasteiger partial charge in [-0.2, -0.15) is 0 Å². The van der Waals surface area contributed by atoms with E-state index < -0.39 is 0 Å². The molecular formula is C54H40N2O. The predicted octanol–water partition coefficient (Wildman–Crippen LogP) is 12.8. The third-order valence-electron chi connectivity index (χ3n) is 13.1. The maximum Gasteiger partial charge on any atom is 0.160 e. The Morgan fingerprint density at radius 1 is 0.702 bits per heavy atom. The van der Waals surface area contributed by atoms with Gasteiger partial charge in [-0.1, -0.05) is 152 Å². The SMILES string of the molecule is C1=CCC2OC3=C(C=CC(c4ccc(-c5cc(-c6cc7c8c(cccc8c6)CC=C7)nc(-c6ccccc6)n5)cc4)C3)C3(C2=C1)C1=C(C=CCC1)c1ccccc13. The molecule has 1 aliphatic heterocycles. The maximum atomic E-state index is 7.03. The Labute approximate surface area is 333 Å². The van der Waals surface area contributed by atoms with E-state index in [-0.39, 0.29) is 17.4 Å². The third kappa shape index (κ3) is 4.98. The Kier molecular flexibility index (Phi) is 7.29. The quantitative estimate of drug-likeness (QED) is 0.181. The van der Waals surface area contributed by atoms with Gasteiger partial charge in [0.05, 0.1) is 16.8 Å². The first-order valence-corrected chi connectivity index (χ1v) is 20.5. The monoisotopic (exact) mass is 732 g/mol. The summed E-state index contributed by atoms with van der Waals surface area (Å²) in [5.41, 5.74) is 17.1. The van der Waals surface area contributed by atoms with Gasteiger partial charge in [0.2, 0.25) is 0 Å². The van der Waals surface area contributed by atoms with Crippen molar-refractivity contribution in [3.05, 3.63) is 214 Å². The average Bonchev–Trinajstić information content (AvgIpc) is 3.57. The first-order chi connectivity index (χ1) is 28.2. The highest BCUT2D eigenvalue weighted by Crippen LogP contribution is 2.63. The molecule has 2 heterocycles. The minimum Gasteiger partial charge on any atom is -0.490 e. The second-order valence-corrected chi connectivity index (χ2v) is 16.2. The van der Waals surface area contributed by atoms with Crippen molar-refractivity contribution in [2.24, 2.45) is 0 Å². The molecule has 5 aromatic carbocycles. The van der Waals surface area contributed by atoms with E-state index in [1.165, 1.54) is 55.3 Å². The molecule has 3 unspecified atom stereocenters. The van der Waals surface area contributed by atoms with Gasteiger partial charge in [-0.25, -0.2) is 9.97 Å². The van der Waals surface area contributed by atoms with E-state index in [4.69, 9.17) is 14.7 Å². The van der Waals surface area contributed by atoms with Crippen LogP contribution in [0, 0.1) is 0 Å². The summed E-state index contributed by atoms with van der Waals surface area (Å²) in [6.45, 7) is 0. The summed E-state index contributed by atoms with van der Waals surface area (Å²) in [5, 5.41) is 2.60. The van der Waals surface area contributed by atoms with Crippen LogP contribution in [-0.4, -0.2) is 16.1 Å². The van der Waals surface area contributed by atoms with E-state index in [1.807, 2.05) is 6.07 Å². The minimum absolute atomic E-state index is 0.0412. The Morgan fingerprint density at radius 3 is 2.47 bits per heavy atom. The van der Waals surface area contributed by atoms with E-state index in [2.05, 4.69) is 164 Å². The van der Waals surface area contributed by atoms with Gasteiger partial charge in [0, 0.05) is 41.0 Å². The molecular weight excluding hydrogens is 693 g/mol. The van der Waals surface area contributed by atoms with Crippen LogP contribution in [0.25, 0.3) is 56.3 Å². The summed E-state index contributed by atoms with van der Waals surface area (Å²) in [5.74, 6) is 2.09. The van der Waals surface area contributed by atoms with Crippen LogP contribution >= 0.6 is 0 Å². The van der Waals surface area contributed by atoms with Crippen molar-refractivity contribution in [2.45, 2.75) is 49.5 Å². The molecule has 272 valence electrons. The summed E-state index contributed by atoms with van der Waals surface area (Å²) in [6.07, 6.45) is 25.9. The lowest BCUT2D eigenvalue weighted by Crippen LogP contribution is -2.43. The van der Waals surface area contributed by atoms with Crippen LogP contribution in [0.5, 0.6) is 0 Å². The lowest BCUT2D eigenvalue weighted by molar-refractivity contribution is 0.108. The molecule has 0 bridgehead atoms. The highest BCUT2D eigenvalue weighted by atomic mass is 16.5. The number of rotatable bonds is 4. The molecule has 3 nitrogen and oxygen atoms in total. The van der Waals surface area contributed by atoms with Crippen LogP contribution in [0.2, 0.25) is 0 Å². The molecule has 0 amide bonds. The largest absolute Gasteiger partial charge is 0.490 e. The molecule has 0 saturated carbocycles. The molecule has 1 aromatic heterocycles. The Morgan fingerprint density at radius 2 is 1.56 bits per heavy atom. The number of benzene rings is 5. The zero-order valence-corrected chi connectivity index (χ0v) is 31.7. The van der Waals surface area contributed by atoms with Crippen LogP contribution < -0.4 is 0 Å². The number of hydrogen-bond acceptors (Lipinski definition) is 3. The number of hydrogen-bond donors (Lipinski definition) is 0. The van der Waals surface area contributed by atoms with Gasteiger partial charge in [-0.3, -0.25) is 0 Å². The minimum atomic E-state index is -0.270. The first-order valence-electron chi connectivity index (χ1n) is 20.5. The highest BCUT2D eigenvalue weighted by molar-refractivity contribution is 5.98. The van der Waals surface area contributed by atoms with Gasteiger partial charge < -0.3 is 4.74 Å². The molecule has 1 spiro atoms. The number of ether oxygens (including phenoxy) is 1. The van der Waals surface area contributed by atoms with E-state index >= 15 is 0 Å². The Balaban J connectivity index is 0.917. The van der Waals surface area contributed by atoms with Crippen molar-refractivity contribution in [1.29, 1.82) is 0 Å². The molecule has 3 atom stereocenters. The van der Waals surface area contributed by atoms with Crippen molar-refractivity contribution < 1.29 is 4.74 Å². The fraction of sp³-hybridized carbons (Fsp3) is 0.148. The van der Waals surface area contributed by atoms with E-state index in [0.29, 0.717) is 0 Å². The number of nitrogens with zero attached hydrogens (tertiary/aromatic N) is 2. The van der Waals surface area contributed by atoms with Gasteiger partial charge in [0.1, 0.15) is 11.9 Å². The molecule has 57 heavy (non-hydrogen) atoms. The average molecular weight is 733 g/mol. The second kappa shape index (κ2) is 12.7. The molecule has 0 saturated heterocycles. The zero-order valence-electron chi connectivity index (χ0n) is 31.7. The first kappa shape index (κ1) is 32.6. The number of fused-ring (bicyclic) bond motifs is 7. The van der Waals surface area contributed by atoms with E-state index in [0.717, 1.165) is 71.8 Å². The van der Waals surface area contributed by atoms with Gasteiger partial charge >= 0.3 is 0 Å². The van der Waals surface area contributed by atoms with Crippen molar-refractivity contribution >= 4 is 22.4 Å². The van der Waals surface area contributed by atoms with E-state index in [1.54, 1.807) is 5.57 Å². The standard InChI is InChI=1S/C54H40N2O/c1-2-12-37(13-3-1)53-55-48(33-49(56-53)41-30-39-16-10-14-36-15-11-17-40(31-41)52(36)39)35-26-24-34(25-27-35)38-28-29-47-51(32-38)57-50-23-9-8-22-46(50)54(47)44-20-6-4-18-42(44)43-19-5-7-21-45(43)54/h1-6,8-14,16-20,22,24-31,33,38,50H,7,15,21,23,32H2. The normalized spacial score (nSPS) is 22.3. The second-order valence-electron chi connectivity index (χ2n) is 16.2. The van der Waals surface area contributed by atoms with Crippen molar-refractivity contribution in [1.82, 2.24) is 9.97 Å². The summed E-state index contributed by atoms with van der Waals surface area (Å²) < 4.78 is 7.03. The Hall–Kier alpha value is -6.58. The fourth-order valence-electron chi connectivity index (χ4n) is 10.6. The van der Waals surface area contributed by atoms with Crippen LogP contribution in [0.4, 0.5) is 0 Å². The Bertz CT molecular complexity index is 2900. The summed E-state index contributed by atoms with van der Waals surface area (Å²) in [7, 11) is 0. The lowest BCUT2D eigenvalue weighted by atomic mass is 9.59. The van der Waals surface area contributed by atoms with Crippen LogP contribution in [-0.2, 0) is 16.6 Å². The molecule has 5 aliphatic carbocycles. The maximum absolute atomic E-state index is 7.03. The molecule has 0 radical (unpaired) electrons. The van der Waals surface area contributed by atoms with Crippen molar-refractivity contribution in [2.75, 3.05) is 0 Å². The van der Waals surface area contributed by atoms with Crippen molar-refractivity contribution in [3.63, 3.8) is 0 Å². The van der Waals surface area contributed by atoms with Crippen LogP contribution in [0.3, 0.4) is 0 Å². The van der Waals surface area contributed by atoms with Crippen molar-refractivity contribution in [3.8, 4) is 33.9 Å². The van der Waals surface area contributed by atoms with Crippen LogP contribution in [0.15, 0.2) is 186 Å². The molecule has 3 heteroatoms. The smallest absolute Gasteiger partial charge is 0.160 e. The molecule has 6 aliphatic rings. The lowest BCUT2D eigenvalue weighted by Gasteiger charge is -2.48. The number of aromatic nitrogens is 2. The zero-order chi connectivity index (χ0) is 37.5. The number of allylic oxidation sites excluding steroid dienone is 11.